The van der Waals surface area contributed by atoms with E-state index in [0.29, 0.717) is 5.41 Å². The van der Waals surface area contributed by atoms with Gasteiger partial charge >= 0.3 is 0 Å². The van der Waals surface area contributed by atoms with Gasteiger partial charge in [-0.2, -0.15) is 0 Å². The fourth-order valence-corrected chi connectivity index (χ4v) is 2.54. The van der Waals surface area contributed by atoms with Crippen molar-refractivity contribution in [2.75, 3.05) is 6.54 Å². The summed E-state index contributed by atoms with van der Waals surface area (Å²) in [6, 6.07) is 8.83. The van der Waals surface area contributed by atoms with Gasteiger partial charge in [0.15, 0.2) is 0 Å². The highest BCUT2D eigenvalue weighted by Gasteiger charge is 2.60. The van der Waals surface area contributed by atoms with Crippen LogP contribution < -0.4 is 5.73 Å². The van der Waals surface area contributed by atoms with Gasteiger partial charge < -0.3 is 5.73 Å². The average molecular weight is 189 g/mol. The van der Waals surface area contributed by atoms with Crippen LogP contribution in [0, 0.1) is 12.3 Å². The third kappa shape index (κ3) is 1.19. The van der Waals surface area contributed by atoms with Crippen LogP contribution in [0.5, 0.6) is 0 Å². The minimum Gasteiger partial charge on any atom is -0.330 e. The highest BCUT2D eigenvalue weighted by molar-refractivity contribution is 5.38. The van der Waals surface area contributed by atoms with Gasteiger partial charge in [-0.3, -0.25) is 0 Å². The number of benzene rings is 1. The Morgan fingerprint density at radius 2 is 1.71 bits per heavy atom. The zero-order valence-electron chi connectivity index (χ0n) is 9.30. The summed E-state index contributed by atoms with van der Waals surface area (Å²) in [4.78, 5) is 0. The van der Waals surface area contributed by atoms with Crippen molar-refractivity contribution >= 4 is 0 Å². The first-order valence-corrected chi connectivity index (χ1v) is 5.29. The molecule has 1 aliphatic rings. The van der Waals surface area contributed by atoms with E-state index in [1.807, 2.05) is 0 Å². The number of nitrogens with two attached hydrogens (primary N) is 1. The molecule has 0 bridgehead atoms. The van der Waals surface area contributed by atoms with Gasteiger partial charge in [-0.05, 0) is 24.3 Å². The highest BCUT2D eigenvalue weighted by atomic mass is 14.7. The van der Waals surface area contributed by atoms with E-state index in [4.69, 9.17) is 5.73 Å². The number of rotatable bonds is 2. The summed E-state index contributed by atoms with van der Waals surface area (Å²) >= 11 is 0. The lowest BCUT2D eigenvalue weighted by Gasteiger charge is -2.19. The zero-order chi connectivity index (χ0) is 10.4. The van der Waals surface area contributed by atoms with Crippen LogP contribution in [0.3, 0.4) is 0 Å². The molecule has 0 heterocycles. The molecular weight excluding hydrogens is 170 g/mol. The fourth-order valence-electron chi connectivity index (χ4n) is 2.54. The minimum atomic E-state index is 0.251. The van der Waals surface area contributed by atoms with E-state index >= 15 is 0 Å². The van der Waals surface area contributed by atoms with Gasteiger partial charge in [-0.15, -0.1) is 0 Å². The molecule has 0 radical (unpaired) electrons. The Morgan fingerprint density at radius 1 is 1.21 bits per heavy atom. The van der Waals surface area contributed by atoms with Gasteiger partial charge in [0.1, 0.15) is 0 Å². The molecule has 2 N–H and O–H groups in total. The lowest BCUT2D eigenvalue weighted by atomic mass is 9.88. The third-order valence-electron chi connectivity index (χ3n) is 3.87. The minimum absolute atomic E-state index is 0.251. The molecule has 0 saturated heterocycles. The topological polar surface area (TPSA) is 26.0 Å². The lowest BCUT2D eigenvalue weighted by Crippen LogP contribution is -2.25. The largest absolute Gasteiger partial charge is 0.330 e. The molecule has 1 aliphatic carbocycles. The molecule has 0 aliphatic heterocycles. The van der Waals surface area contributed by atoms with Crippen LogP contribution in [0.4, 0.5) is 0 Å². The van der Waals surface area contributed by atoms with Crippen molar-refractivity contribution in [3.63, 3.8) is 0 Å². The maximum Gasteiger partial charge on any atom is 0.0132 e. The second-order valence-corrected chi connectivity index (χ2v) is 5.21. The first-order chi connectivity index (χ1) is 6.52. The molecule has 0 aromatic heterocycles. The summed E-state index contributed by atoms with van der Waals surface area (Å²) in [5, 5.41) is 0. The first kappa shape index (κ1) is 9.72. The van der Waals surface area contributed by atoms with Gasteiger partial charge in [0.05, 0.1) is 0 Å². The molecule has 1 aromatic rings. The van der Waals surface area contributed by atoms with Crippen LogP contribution in [0.1, 0.15) is 31.4 Å². The SMILES string of the molecule is Cc1ccc(C2(CN)CC2(C)C)cc1. The van der Waals surface area contributed by atoms with Crippen molar-refractivity contribution in [1.82, 2.24) is 0 Å². The van der Waals surface area contributed by atoms with Gasteiger partial charge in [-0.1, -0.05) is 43.7 Å². The monoisotopic (exact) mass is 189 g/mol. The zero-order valence-corrected chi connectivity index (χ0v) is 9.30. The number of hydrogen-bond acceptors (Lipinski definition) is 1. The highest BCUT2D eigenvalue weighted by Crippen LogP contribution is 2.63. The van der Waals surface area contributed by atoms with Gasteiger partial charge in [-0.25, -0.2) is 0 Å². The number of hydrogen-bond donors (Lipinski definition) is 1. The van der Waals surface area contributed by atoms with E-state index in [-0.39, 0.29) is 5.41 Å². The van der Waals surface area contributed by atoms with E-state index in [2.05, 4.69) is 45.0 Å². The molecule has 0 spiro atoms. The van der Waals surface area contributed by atoms with E-state index in [0.717, 1.165) is 6.54 Å². The van der Waals surface area contributed by atoms with Crippen LogP contribution in [-0.4, -0.2) is 6.54 Å². The Balaban J connectivity index is 2.36. The Bertz CT molecular complexity index is 337. The van der Waals surface area contributed by atoms with E-state index < -0.39 is 0 Å². The second-order valence-electron chi connectivity index (χ2n) is 5.21. The smallest absolute Gasteiger partial charge is 0.0132 e. The first-order valence-electron chi connectivity index (χ1n) is 5.29. The molecule has 1 atom stereocenters. The van der Waals surface area contributed by atoms with E-state index in [1.54, 1.807) is 0 Å². The molecule has 76 valence electrons. The Labute approximate surface area is 86.3 Å². The Kier molecular flexibility index (Phi) is 1.97. The summed E-state index contributed by atoms with van der Waals surface area (Å²) in [6.07, 6.45) is 1.22. The predicted octanol–water partition coefficient (Wildman–Crippen LogP) is 2.62. The molecule has 1 heteroatoms. The van der Waals surface area contributed by atoms with Crippen molar-refractivity contribution in [3.05, 3.63) is 35.4 Å². The van der Waals surface area contributed by atoms with Gasteiger partial charge in [0.2, 0.25) is 0 Å². The average Bonchev–Trinajstić information content (AvgIpc) is 2.71. The maximum absolute atomic E-state index is 5.91. The summed E-state index contributed by atoms with van der Waals surface area (Å²) in [7, 11) is 0. The molecule has 14 heavy (non-hydrogen) atoms. The molecule has 1 nitrogen and oxygen atoms in total. The summed E-state index contributed by atoms with van der Waals surface area (Å²) in [6.45, 7) is 7.50. The lowest BCUT2D eigenvalue weighted by molar-refractivity contribution is 0.503. The third-order valence-corrected chi connectivity index (χ3v) is 3.87. The second kappa shape index (κ2) is 2.83. The predicted molar refractivity (Wildman–Crippen MR) is 60.3 cm³/mol. The Morgan fingerprint density at radius 3 is 2.07 bits per heavy atom. The number of aryl methyl sites for hydroxylation is 1. The molecular formula is C13H19N. The summed E-state index contributed by atoms with van der Waals surface area (Å²) in [5.41, 5.74) is 9.28. The maximum atomic E-state index is 5.91. The molecule has 2 rings (SSSR count). The van der Waals surface area contributed by atoms with Crippen LogP contribution in [0.25, 0.3) is 0 Å². The summed E-state index contributed by atoms with van der Waals surface area (Å²) < 4.78 is 0. The van der Waals surface area contributed by atoms with E-state index in [9.17, 15) is 0 Å². The van der Waals surface area contributed by atoms with Crippen LogP contribution in [0.2, 0.25) is 0 Å². The Hall–Kier alpha value is -0.820. The van der Waals surface area contributed by atoms with E-state index in [1.165, 1.54) is 17.5 Å². The summed E-state index contributed by atoms with van der Waals surface area (Å²) in [5.74, 6) is 0. The normalized spacial score (nSPS) is 28.9. The standard InChI is InChI=1S/C13H19N/c1-10-4-6-11(7-5-10)13(9-14)8-12(13,2)3/h4-7H,8-9,14H2,1-3H3. The van der Waals surface area contributed by atoms with Crippen molar-refractivity contribution < 1.29 is 0 Å². The molecule has 0 amide bonds. The van der Waals surface area contributed by atoms with Crippen LogP contribution in [-0.2, 0) is 5.41 Å². The van der Waals surface area contributed by atoms with Crippen LogP contribution >= 0.6 is 0 Å². The fraction of sp³-hybridized carbons (Fsp3) is 0.538. The van der Waals surface area contributed by atoms with Crippen molar-refractivity contribution in [1.29, 1.82) is 0 Å². The van der Waals surface area contributed by atoms with Crippen molar-refractivity contribution in [3.8, 4) is 0 Å². The van der Waals surface area contributed by atoms with Gasteiger partial charge in [0.25, 0.3) is 0 Å². The van der Waals surface area contributed by atoms with Crippen LogP contribution in [0.15, 0.2) is 24.3 Å². The molecule has 1 unspecified atom stereocenters. The van der Waals surface area contributed by atoms with Crippen molar-refractivity contribution in [2.45, 2.75) is 32.6 Å². The molecule has 1 fully saturated rings. The molecule has 1 saturated carbocycles. The quantitative estimate of drug-likeness (QED) is 0.760. The molecule has 1 aromatic carbocycles. The van der Waals surface area contributed by atoms with Crippen molar-refractivity contribution in [2.24, 2.45) is 11.1 Å². The van der Waals surface area contributed by atoms with Gasteiger partial charge in [0, 0.05) is 12.0 Å².